The fraction of sp³-hybridized carbons (Fsp3) is 0.250. The number of fused-ring (bicyclic) bond motifs is 1. The Morgan fingerprint density at radius 2 is 1.94 bits per heavy atom. The fourth-order valence-electron chi connectivity index (χ4n) is 2.13. The lowest BCUT2D eigenvalue weighted by molar-refractivity contribution is -0.132. The zero-order valence-electron chi connectivity index (χ0n) is 9.78. The third kappa shape index (κ3) is 1.92. The largest absolute Gasteiger partial charge is 0.367 e. The molecule has 1 aromatic heterocycles. The molecule has 0 saturated carbocycles. The Kier molecular flexibility index (Phi) is 2.47. The van der Waals surface area contributed by atoms with Gasteiger partial charge in [-0.15, -0.1) is 5.10 Å². The van der Waals surface area contributed by atoms with Gasteiger partial charge in [-0.25, -0.2) is 9.67 Å². The number of carbonyl (C=O) groups is 1. The van der Waals surface area contributed by atoms with E-state index in [9.17, 15) is 4.79 Å². The zero-order valence-corrected chi connectivity index (χ0v) is 9.78. The minimum absolute atomic E-state index is 0.0242. The summed E-state index contributed by atoms with van der Waals surface area (Å²) in [6.07, 6.45) is 1.47. The number of hydrogen-bond donors (Lipinski definition) is 1. The van der Waals surface area contributed by atoms with Crippen molar-refractivity contribution in [3.63, 3.8) is 0 Å². The molecule has 6 nitrogen and oxygen atoms in total. The summed E-state index contributed by atoms with van der Waals surface area (Å²) in [4.78, 5) is 17.7. The molecule has 0 unspecified atom stereocenters. The van der Waals surface area contributed by atoms with Gasteiger partial charge in [0.2, 0.25) is 11.9 Å². The third-order valence-corrected chi connectivity index (χ3v) is 3.04. The van der Waals surface area contributed by atoms with Crippen LogP contribution >= 0.6 is 0 Å². The number of anilines is 1. The van der Waals surface area contributed by atoms with Crippen LogP contribution in [0.4, 0.5) is 5.95 Å². The zero-order chi connectivity index (χ0) is 12.5. The van der Waals surface area contributed by atoms with Crippen molar-refractivity contribution in [1.29, 1.82) is 0 Å². The van der Waals surface area contributed by atoms with E-state index in [2.05, 4.69) is 22.2 Å². The van der Waals surface area contributed by atoms with Gasteiger partial charge in [-0.3, -0.25) is 4.79 Å². The predicted octanol–water partition coefficient (Wildman–Crippen LogP) is 0.403. The Bertz CT molecular complexity index is 567. The topological polar surface area (TPSA) is 77.0 Å². The molecule has 92 valence electrons. The lowest BCUT2D eigenvalue weighted by Gasteiger charge is -2.14. The molecule has 0 bridgehead atoms. The maximum Gasteiger partial charge on any atom is 0.244 e. The fourth-order valence-corrected chi connectivity index (χ4v) is 2.13. The van der Waals surface area contributed by atoms with Gasteiger partial charge in [0.15, 0.2) is 0 Å². The Balaban J connectivity index is 1.69. The first-order valence-electron chi connectivity index (χ1n) is 5.72. The van der Waals surface area contributed by atoms with Gasteiger partial charge in [0.1, 0.15) is 12.9 Å². The first-order chi connectivity index (χ1) is 8.72. The summed E-state index contributed by atoms with van der Waals surface area (Å²) in [6, 6.07) is 8.09. The van der Waals surface area contributed by atoms with E-state index in [1.807, 2.05) is 17.0 Å². The van der Waals surface area contributed by atoms with E-state index < -0.39 is 0 Å². The number of nitrogen functional groups attached to an aromatic ring is 1. The summed E-state index contributed by atoms with van der Waals surface area (Å²) in [6.45, 7) is 1.51. The molecule has 2 N–H and O–H groups in total. The molecule has 3 rings (SSSR count). The van der Waals surface area contributed by atoms with Crippen molar-refractivity contribution in [2.45, 2.75) is 19.6 Å². The first kappa shape index (κ1) is 10.8. The van der Waals surface area contributed by atoms with Gasteiger partial charge >= 0.3 is 0 Å². The molecule has 18 heavy (non-hydrogen) atoms. The van der Waals surface area contributed by atoms with E-state index in [4.69, 9.17) is 5.73 Å². The minimum atomic E-state index is 0.0242. The lowest BCUT2D eigenvalue weighted by atomic mass is 10.1. The van der Waals surface area contributed by atoms with Crippen molar-refractivity contribution in [3.05, 3.63) is 41.7 Å². The molecular weight excluding hydrogens is 230 g/mol. The normalized spacial score (nSPS) is 13.7. The molecule has 6 heteroatoms. The number of nitrogens with zero attached hydrogens (tertiary/aromatic N) is 4. The van der Waals surface area contributed by atoms with Gasteiger partial charge < -0.3 is 10.6 Å². The summed E-state index contributed by atoms with van der Waals surface area (Å²) >= 11 is 0. The van der Waals surface area contributed by atoms with Crippen LogP contribution in [0.15, 0.2) is 30.6 Å². The van der Waals surface area contributed by atoms with Crippen molar-refractivity contribution in [2.75, 3.05) is 5.73 Å². The maximum absolute atomic E-state index is 12.1. The van der Waals surface area contributed by atoms with Crippen LogP contribution in [0.2, 0.25) is 0 Å². The third-order valence-electron chi connectivity index (χ3n) is 3.04. The Hall–Kier alpha value is -2.37. The van der Waals surface area contributed by atoms with Crippen LogP contribution in [0.3, 0.4) is 0 Å². The second-order valence-corrected chi connectivity index (χ2v) is 4.32. The Morgan fingerprint density at radius 3 is 2.50 bits per heavy atom. The number of aromatic nitrogens is 3. The molecule has 1 aliphatic rings. The number of benzene rings is 1. The molecule has 2 aromatic rings. The summed E-state index contributed by atoms with van der Waals surface area (Å²) in [5.41, 5.74) is 7.83. The van der Waals surface area contributed by atoms with Crippen molar-refractivity contribution < 1.29 is 4.79 Å². The smallest absolute Gasteiger partial charge is 0.244 e. The monoisotopic (exact) mass is 243 g/mol. The molecule has 1 aliphatic heterocycles. The minimum Gasteiger partial charge on any atom is -0.367 e. The maximum atomic E-state index is 12.1. The van der Waals surface area contributed by atoms with Crippen LogP contribution in [0.5, 0.6) is 0 Å². The second-order valence-electron chi connectivity index (χ2n) is 4.32. The van der Waals surface area contributed by atoms with Gasteiger partial charge in [0.05, 0.1) is 0 Å². The first-order valence-corrected chi connectivity index (χ1v) is 5.72. The molecular formula is C12H13N5O. The van der Waals surface area contributed by atoms with Gasteiger partial charge in [-0.1, -0.05) is 24.3 Å². The van der Waals surface area contributed by atoms with Crippen molar-refractivity contribution in [2.24, 2.45) is 0 Å². The highest BCUT2D eigenvalue weighted by molar-refractivity contribution is 5.76. The molecule has 0 radical (unpaired) electrons. The standard InChI is InChI=1S/C12H13N5O/c13-12-14-8-17(15-12)7-11(18)16-5-9-3-1-2-4-10(9)6-16/h1-4,8H,5-7H2,(H2,13,15). The quantitative estimate of drug-likeness (QED) is 0.828. The number of hydrogen-bond acceptors (Lipinski definition) is 4. The van der Waals surface area contributed by atoms with Crippen LogP contribution in [0.1, 0.15) is 11.1 Å². The van der Waals surface area contributed by atoms with Gasteiger partial charge in [-0.2, -0.15) is 0 Å². The van der Waals surface area contributed by atoms with E-state index >= 15 is 0 Å². The van der Waals surface area contributed by atoms with Crippen LogP contribution in [0.25, 0.3) is 0 Å². The van der Waals surface area contributed by atoms with E-state index in [0.717, 1.165) is 0 Å². The SMILES string of the molecule is Nc1ncn(CC(=O)N2Cc3ccccc3C2)n1. The van der Waals surface area contributed by atoms with E-state index in [0.29, 0.717) is 13.1 Å². The van der Waals surface area contributed by atoms with Crippen molar-refractivity contribution in [3.8, 4) is 0 Å². The van der Waals surface area contributed by atoms with Crippen LogP contribution in [-0.2, 0) is 24.4 Å². The Morgan fingerprint density at radius 1 is 1.28 bits per heavy atom. The van der Waals surface area contributed by atoms with E-state index in [1.165, 1.54) is 22.1 Å². The molecule has 0 saturated heterocycles. The average Bonchev–Trinajstić information content (AvgIpc) is 2.95. The highest BCUT2D eigenvalue weighted by Crippen LogP contribution is 2.22. The van der Waals surface area contributed by atoms with Crippen molar-refractivity contribution >= 4 is 11.9 Å². The molecule has 1 aromatic carbocycles. The van der Waals surface area contributed by atoms with Crippen LogP contribution in [0, 0.1) is 0 Å². The summed E-state index contributed by atoms with van der Waals surface area (Å²) in [7, 11) is 0. The summed E-state index contributed by atoms with van der Waals surface area (Å²) in [5.74, 6) is 0.212. The molecule has 0 spiro atoms. The van der Waals surface area contributed by atoms with E-state index in [-0.39, 0.29) is 18.4 Å². The van der Waals surface area contributed by atoms with Gasteiger partial charge in [0.25, 0.3) is 0 Å². The molecule has 2 heterocycles. The number of amides is 1. The Labute approximate surface area is 104 Å². The molecule has 0 atom stereocenters. The molecule has 1 amide bonds. The highest BCUT2D eigenvalue weighted by atomic mass is 16.2. The second kappa shape index (κ2) is 4.14. The highest BCUT2D eigenvalue weighted by Gasteiger charge is 2.22. The number of rotatable bonds is 2. The van der Waals surface area contributed by atoms with Crippen LogP contribution in [-0.4, -0.2) is 25.6 Å². The van der Waals surface area contributed by atoms with Crippen molar-refractivity contribution in [1.82, 2.24) is 19.7 Å². The average molecular weight is 243 g/mol. The number of nitrogens with two attached hydrogens (primary N) is 1. The summed E-state index contributed by atoms with van der Waals surface area (Å²) in [5, 5.41) is 3.91. The summed E-state index contributed by atoms with van der Waals surface area (Å²) < 4.78 is 1.46. The van der Waals surface area contributed by atoms with Gasteiger partial charge in [-0.05, 0) is 11.1 Å². The predicted molar refractivity (Wildman–Crippen MR) is 65.1 cm³/mol. The van der Waals surface area contributed by atoms with Crippen LogP contribution < -0.4 is 5.73 Å². The number of carbonyl (C=O) groups excluding carboxylic acids is 1. The lowest BCUT2D eigenvalue weighted by Crippen LogP contribution is -2.29. The molecule has 0 aliphatic carbocycles. The van der Waals surface area contributed by atoms with E-state index in [1.54, 1.807) is 0 Å². The van der Waals surface area contributed by atoms with Gasteiger partial charge in [0, 0.05) is 13.1 Å². The molecule has 0 fully saturated rings.